The topological polar surface area (TPSA) is 35.5 Å². The molecule has 1 rings (SSSR count). The number of aliphatic hydroxyl groups excluding tert-OH is 1. The van der Waals surface area contributed by atoms with Crippen LogP contribution in [0.25, 0.3) is 0 Å². The predicted octanol–water partition coefficient (Wildman–Crippen LogP) is 0.299. The van der Waals surface area contributed by atoms with E-state index in [9.17, 15) is 0 Å². The van der Waals surface area contributed by atoms with Gasteiger partial charge in [-0.25, -0.2) is 0 Å². The van der Waals surface area contributed by atoms with Crippen molar-refractivity contribution in [2.75, 3.05) is 32.8 Å². The van der Waals surface area contributed by atoms with Crippen LogP contribution in [-0.2, 0) is 0 Å². The van der Waals surface area contributed by atoms with Crippen LogP contribution in [0.15, 0.2) is 0 Å². The summed E-state index contributed by atoms with van der Waals surface area (Å²) in [6, 6.07) is 0.641. The Morgan fingerprint density at radius 1 is 1.38 bits per heavy atom. The normalized spacial score (nSPS) is 28.6. The highest BCUT2D eigenvalue weighted by Crippen LogP contribution is 2.18. The first-order valence-corrected chi connectivity index (χ1v) is 5.39. The maximum absolute atomic E-state index is 8.93. The van der Waals surface area contributed by atoms with Crippen LogP contribution >= 0.6 is 0 Å². The fourth-order valence-electron chi connectivity index (χ4n) is 2.25. The molecule has 1 fully saturated rings. The van der Waals surface area contributed by atoms with Crippen LogP contribution in [0.2, 0.25) is 0 Å². The van der Waals surface area contributed by atoms with Crippen LogP contribution in [0.3, 0.4) is 0 Å². The van der Waals surface area contributed by atoms with Crippen molar-refractivity contribution in [3.63, 3.8) is 0 Å². The lowest BCUT2D eigenvalue weighted by Crippen LogP contribution is -2.42. The summed E-state index contributed by atoms with van der Waals surface area (Å²) in [5.74, 6) is 0.770. The maximum atomic E-state index is 8.93. The number of hydrogen-bond acceptors (Lipinski definition) is 3. The molecule has 0 aromatic rings. The third-order valence-electron chi connectivity index (χ3n) is 3.09. The van der Waals surface area contributed by atoms with E-state index in [2.05, 4.69) is 24.1 Å². The van der Waals surface area contributed by atoms with Crippen LogP contribution in [0, 0.1) is 5.92 Å². The molecule has 2 unspecified atom stereocenters. The fraction of sp³-hybridized carbons (Fsp3) is 1.00. The van der Waals surface area contributed by atoms with E-state index in [0.717, 1.165) is 32.1 Å². The number of nitrogens with zero attached hydrogens (tertiary/aromatic N) is 1. The molecular formula is C10H22N2O. The molecule has 1 saturated heterocycles. The molecule has 3 heteroatoms. The molecular weight excluding hydrogens is 164 g/mol. The summed E-state index contributed by atoms with van der Waals surface area (Å²) >= 11 is 0. The highest BCUT2D eigenvalue weighted by molar-refractivity contribution is 4.87. The molecule has 0 aliphatic carbocycles. The Bertz CT molecular complexity index is 141. The van der Waals surface area contributed by atoms with E-state index < -0.39 is 0 Å². The molecule has 2 N–H and O–H groups in total. The minimum absolute atomic E-state index is 0.279. The van der Waals surface area contributed by atoms with Crippen molar-refractivity contribution in [2.45, 2.75) is 26.3 Å². The van der Waals surface area contributed by atoms with Crippen LogP contribution < -0.4 is 5.32 Å². The molecule has 0 amide bonds. The van der Waals surface area contributed by atoms with Gasteiger partial charge in [-0.15, -0.1) is 0 Å². The minimum Gasteiger partial charge on any atom is -0.395 e. The number of nitrogens with one attached hydrogen (secondary N) is 1. The van der Waals surface area contributed by atoms with Gasteiger partial charge in [0.2, 0.25) is 0 Å². The molecule has 1 aliphatic rings. The average molecular weight is 186 g/mol. The molecule has 2 atom stereocenters. The summed E-state index contributed by atoms with van der Waals surface area (Å²) in [4.78, 5) is 2.38. The monoisotopic (exact) mass is 186 g/mol. The Balaban J connectivity index is 2.46. The molecule has 0 spiro atoms. The molecule has 1 heterocycles. The lowest BCUT2D eigenvalue weighted by Gasteiger charge is -2.30. The quantitative estimate of drug-likeness (QED) is 0.648. The standard InChI is InChI=1S/C10H22N2O/c1-3-9-7-11-8-10(9)12(4-2)5-6-13/h9-11,13H,3-8H2,1-2H3. The third kappa shape index (κ3) is 2.66. The predicted molar refractivity (Wildman–Crippen MR) is 54.8 cm³/mol. The zero-order valence-corrected chi connectivity index (χ0v) is 8.79. The molecule has 0 saturated carbocycles. The summed E-state index contributed by atoms with van der Waals surface area (Å²) in [5.41, 5.74) is 0. The first-order chi connectivity index (χ1) is 6.33. The van der Waals surface area contributed by atoms with Gasteiger partial charge in [-0.3, -0.25) is 4.90 Å². The zero-order valence-electron chi connectivity index (χ0n) is 8.79. The minimum atomic E-state index is 0.279. The Labute approximate surface area is 81.1 Å². The van der Waals surface area contributed by atoms with Crippen LogP contribution in [0.4, 0.5) is 0 Å². The van der Waals surface area contributed by atoms with Gasteiger partial charge in [0.25, 0.3) is 0 Å². The van der Waals surface area contributed by atoms with E-state index >= 15 is 0 Å². The highest BCUT2D eigenvalue weighted by atomic mass is 16.3. The summed E-state index contributed by atoms with van der Waals surface area (Å²) in [5, 5.41) is 12.3. The Morgan fingerprint density at radius 3 is 2.69 bits per heavy atom. The second-order valence-corrected chi connectivity index (χ2v) is 3.75. The Hall–Kier alpha value is -0.120. The van der Waals surface area contributed by atoms with E-state index in [1.54, 1.807) is 0 Å². The smallest absolute Gasteiger partial charge is 0.0558 e. The molecule has 3 nitrogen and oxygen atoms in total. The highest BCUT2D eigenvalue weighted by Gasteiger charge is 2.29. The second-order valence-electron chi connectivity index (χ2n) is 3.75. The SMILES string of the molecule is CCC1CNCC1N(CC)CCO. The largest absolute Gasteiger partial charge is 0.395 e. The number of hydrogen-bond donors (Lipinski definition) is 2. The van der Waals surface area contributed by atoms with Gasteiger partial charge in [0, 0.05) is 19.1 Å². The van der Waals surface area contributed by atoms with Crippen molar-refractivity contribution in [2.24, 2.45) is 5.92 Å². The van der Waals surface area contributed by atoms with Crippen LogP contribution in [-0.4, -0.2) is 48.8 Å². The lowest BCUT2D eigenvalue weighted by molar-refractivity contribution is 0.139. The number of rotatable bonds is 5. The van der Waals surface area contributed by atoms with Gasteiger partial charge in [-0.05, 0) is 19.0 Å². The fourth-order valence-corrected chi connectivity index (χ4v) is 2.25. The van der Waals surface area contributed by atoms with Crippen LogP contribution in [0.1, 0.15) is 20.3 Å². The molecule has 13 heavy (non-hydrogen) atoms. The van der Waals surface area contributed by atoms with Gasteiger partial charge in [-0.1, -0.05) is 20.3 Å². The van der Waals surface area contributed by atoms with Crippen molar-refractivity contribution in [3.05, 3.63) is 0 Å². The zero-order chi connectivity index (χ0) is 9.68. The van der Waals surface area contributed by atoms with Gasteiger partial charge in [0.05, 0.1) is 6.61 Å². The van der Waals surface area contributed by atoms with Crippen molar-refractivity contribution in [1.29, 1.82) is 0 Å². The molecule has 0 bridgehead atoms. The maximum Gasteiger partial charge on any atom is 0.0558 e. The van der Waals surface area contributed by atoms with E-state index in [1.807, 2.05) is 0 Å². The van der Waals surface area contributed by atoms with E-state index in [0.29, 0.717) is 6.04 Å². The van der Waals surface area contributed by atoms with Crippen molar-refractivity contribution >= 4 is 0 Å². The molecule has 0 radical (unpaired) electrons. The first kappa shape index (κ1) is 11.0. The third-order valence-corrected chi connectivity index (χ3v) is 3.09. The molecule has 1 aliphatic heterocycles. The first-order valence-electron chi connectivity index (χ1n) is 5.39. The van der Waals surface area contributed by atoms with Crippen molar-refractivity contribution in [1.82, 2.24) is 10.2 Å². The van der Waals surface area contributed by atoms with Gasteiger partial charge in [0.1, 0.15) is 0 Å². The summed E-state index contributed by atoms with van der Waals surface area (Å²) in [6.45, 7) is 8.79. The van der Waals surface area contributed by atoms with Gasteiger partial charge < -0.3 is 10.4 Å². The van der Waals surface area contributed by atoms with E-state index in [4.69, 9.17) is 5.11 Å². The number of likely N-dealkylation sites (N-methyl/N-ethyl adjacent to an activating group) is 1. The van der Waals surface area contributed by atoms with Gasteiger partial charge in [0.15, 0.2) is 0 Å². The summed E-state index contributed by atoms with van der Waals surface area (Å²) < 4.78 is 0. The molecule has 0 aromatic heterocycles. The summed E-state index contributed by atoms with van der Waals surface area (Å²) in [7, 11) is 0. The Kier molecular flexibility index (Phi) is 4.70. The van der Waals surface area contributed by atoms with E-state index in [1.165, 1.54) is 6.42 Å². The number of aliphatic hydroxyl groups is 1. The van der Waals surface area contributed by atoms with Crippen molar-refractivity contribution < 1.29 is 5.11 Å². The van der Waals surface area contributed by atoms with Gasteiger partial charge >= 0.3 is 0 Å². The van der Waals surface area contributed by atoms with E-state index in [-0.39, 0.29) is 6.61 Å². The Morgan fingerprint density at radius 2 is 2.15 bits per heavy atom. The average Bonchev–Trinajstić information content (AvgIpc) is 2.61. The summed E-state index contributed by atoms with van der Waals surface area (Å²) in [6.07, 6.45) is 1.24. The lowest BCUT2D eigenvalue weighted by atomic mass is 9.99. The van der Waals surface area contributed by atoms with Crippen LogP contribution in [0.5, 0.6) is 0 Å². The second kappa shape index (κ2) is 5.58. The molecule has 0 aromatic carbocycles. The van der Waals surface area contributed by atoms with Gasteiger partial charge in [-0.2, -0.15) is 0 Å². The van der Waals surface area contributed by atoms with Crippen molar-refractivity contribution in [3.8, 4) is 0 Å². The molecule has 78 valence electrons.